The number of fused-ring (bicyclic) bond motifs is 7. The third-order valence-corrected chi connectivity index (χ3v) is 16.5. The fourth-order valence-corrected chi connectivity index (χ4v) is 13.5. The summed E-state index contributed by atoms with van der Waals surface area (Å²) in [6.45, 7) is 20.9. The number of carbonyl (C=O) groups is 3. The van der Waals surface area contributed by atoms with Gasteiger partial charge in [-0.15, -0.1) is 10.2 Å². The Morgan fingerprint density at radius 2 is 1.73 bits per heavy atom. The lowest BCUT2D eigenvalue weighted by molar-refractivity contribution is -0.232. The number of aromatic nitrogens is 4. The molecule has 0 spiro atoms. The molecule has 11 heteroatoms. The molecule has 0 amide bonds. The summed E-state index contributed by atoms with van der Waals surface area (Å²) in [6.07, 6.45) is 8.86. The summed E-state index contributed by atoms with van der Waals surface area (Å²) in [5, 5.41) is 22.6. The molecule has 306 valence electrons. The number of hydrogen-bond donors (Lipinski definition) is 2. The number of likely N-dealkylation sites (N-methyl/N-ethyl adjacent to an activating group) is 1. The van der Waals surface area contributed by atoms with E-state index in [1.807, 2.05) is 7.05 Å². The smallest absolute Gasteiger partial charge is 0.309 e. The molecule has 8 atom stereocenters. The van der Waals surface area contributed by atoms with E-state index >= 15 is 0 Å². The van der Waals surface area contributed by atoms with E-state index in [9.17, 15) is 23.9 Å². The molecule has 0 radical (unpaired) electrons. The standard InChI is InChI=1S/C45H64FN5O5/c1-26(2)35-30(52)23-45(38-50-49-37(51(38)22-21-47-10)29-13-11-27(46)25-48-29)20-19-43(8)28(36(35)45)12-14-32-42(7)17-16-33(56-34(53)24-40(3,4)39(54)55)41(5,6)31(42)15-18-44(32,43)9/h11,13,25-26,28,31-33,47H,12,14-24H2,1-10H3,(H,54,55)/t28-,31?,32?,33+,42+,43-,44-,45-/m1/s1. The minimum absolute atomic E-state index is 0.0160. The van der Waals surface area contributed by atoms with Crippen LogP contribution in [0.1, 0.15) is 132 Å². The number of aliphatic carboxylic acids is 1. The number of ether oxygens (including phenoxy) is 1. The highest BCUT2D eigenvalue weighted by Gasteiger charge is 2.71. The van der Waals surface area contributed by atoms with Crippen molar-refractivity contribution in [3.63, 3.8) is 0 Å². The number of Topliss-reactive ketones (excluding diaryl/α,β-unsaturated/α-hetero) is 1. The molecule has 2 aromatic heterocycles. The molecule has 4 fully saturated rings. The van der Waals surface area contributed by atoms with Crippen LogP contribution >= 0.6 is 0 Å². The Hall–Kier alpha value is -3.47. The van der Waals surface area contributed by atoms with Crippen LogP contribution in [0.15, 0.2) is 29.5 Å². The molecule has 0 saturated heterocycles. The third-order valence-electron chi connectivity index (χ3n) is 16.5. The molecule has 2 heterocycles. The van der Waals surface area contributed by atoms with Gasteiger partial charge in [0.05, 0.1) is 23.4 Å². The number of nitrogens with one attached hydrogen (secondary N) is 1. The Balaban J connectivity index is 1.24. The van der Waals surface area contributed by atoms with Gasteiger partial charge in [-0.05, 0) is 135 Å². The molecule has 0 bridgehead atoms. The zero-order chi connectivity index (χ0) is 40.8. The summed E-state index contributed by atoms with van der Waals surface area (Å²) in [5.74, 6) is 0.920. The number of esters is 1. The van der Waals surface area contributed by atoms with Crippen molar-refractivity contribution in [2.75, 3.05) is 13.6 Å². The van der Waals surface area contributed by atoms with Gasteiger partial charge in [0, 0.05) is 24.9 Å². The van der Waals surface area contributed by atoms with Crippen molar-refractivity contribution in [2.24, 2.45) is 50.7 Å². The number of ketones is 1. The first kappa shape index (κ1) is 40.7. The van der Waals surface area contributed by atoms with Gasteiger partial charge in [0.15, 0.2) is 11.6 Å². The molecule has 0 aromatic carbocycles. The predicted molar refractivity (Wildman–Crippen MR) is 212 cm³/mol. The third kappa shape index (κ3) is 5.93. The van der Waals surface area contributed by atoms with Crippen molar-refractivity contribution >= 4 is 17.7 Å². The van der Waals surface area contributed by atoms with Gasteiger partial charge in [-0.3, -0.25) is 14.4 Å². The number of allylic oxidation sites excluding steroid dienone is 2. The quantitative estimate of drug-likeness (QED) is 0.228. The molecule has 2 N–H and O–H groups in total. The molecule has 56 heavy (non-hydrogen) atoms. The normalized spacial score (nSPS) is 35.1. The number of carboxylic acid groups (broad SMARTS) is 1. The topological polar surface area (TPSA) is 136 Å². The molecular weight excluding hydrogens is 710 g/mol. The number of halogens is 1. The molecule has 0 aliphatic heterocycles. The average Bonchev–Trinajstić information content (AvgIpc) is 3.68. The van der Waals surface area contributed by atoms with E-state index in [1.54, 1.807) is 19.9 Å². The summed E-state index contributed by atoms with van der Waals surface area (Å²) in [6, 6.07) is 3.06. The van der Waals surface area contributed by atoms with Crippen LogP contribution in [-0.4, -0.2) is 62.3 Å². The Morgan fingerprint density at radius 3 is 2.38 bits per heavy atom. The van der Waals surface area contributed by atoms with E-state index < -0.39 is 28.6 Å². The number of rotatable bonds is 10. The second-order valence-electron chi connectivity index (χ2n) is 20.4. The van der Waals surface area contributed by atoms with Gasteiger partial charge in [-0.1, -0.05) is 48.5 Å². The lowest BCUT2D eigenvalue weighted by Gasteiger charge is -2.72. The van der Waals surface area contributed by atoms with Gasteiger partial charge in [0.25, 0.3) is 0 Å². The highest BCUT2D eigenvalue weighted by molar-refractivity contribution is 6.01. The van der Waals surface area contributed by atoms with Crippen molar-refractivity contribution in [3.05, 3.63) is 41.1 Å². The molecule has 2 aromatic rings. The van der Waals surface area contributed by atoms with E-state index in [4.69, 9.17) is 14.9 Å². The minimum Gasteiger partial charge on any atom is -0.481 e. The van der Waals surface area contributed by atoms with Crippen LogP contribution in [0.25, 0.3) is 11.5 Å². The van der Waals surface area contributed by atoms with Gasteiger partial charge in [0.1, 0.15) is 23.4 Å². The first-order valence-electron chi connectivity index (χ1n) is 21.1. The monoisotopic (exact) mass is 773 g/mol. The summed E-state index contributed by atoms with van der Waals surface area (Å²) in [4.78, 5) is 43.8. The zero-order valence-corrected chi connectivity index (χ0v) is 35.4. The lowest BCUT2D eigenvalue weighted by atomic mass is 9.33. The fourth-order valence-electron chi connectivity index (χ4n) is 13.5. The summed E-state index contributed by atoms with van der Waals surface area (Å²) < 4.78 is 22.3. The first-order chi connectivity index (χ1) is 26.2. The zero-order valence-electron chi connectivity index (χ0n) is 35.4. The summed E-state index contributed by atoms with van der Waals surface area (Å²) >= 11 is 0. The Kier molecular flexibility index (Phi) is 10.1. The Labute approximate surface area is 332 Å². The Morgan fingerprint density at radius 1 is 1.00 bits per heavy atom. The molecule has 5 aliphatic carbocycles. The highest BCUT2D eigenvalue weighted by Crippen LogP contribution is 2.76. The van der Waals surface area contributed by atoms with Crippen LogP contribution in [0.4, 0.5) is 4.39 Å². The lowest BCUT2D eigenvalue weighted by Crippen LogP contribution is -2.66. The van der Waals surface area contributed by atoms with Crippen molar-refractivity contribution in [1.82, 2.24) is 25.1 Å². The highest BCUT2D eigenvalue weighted by atomic mass is 19.1. The van der Waals surface area contributed by atoms with Gasteiger partial charge in [-0.2, -0.15) is 0 Å². The molecule has 10 nitrogen and oxygen atoms in total. The van der Waals surface area contributed by atoms with E-state index in [-0.39, 0.29) is 51.8 Å². The summed E-state index contributed by atoms with van der Waals surface area (Å²) in [7, 11) is 1.92. The van der Waals surface area contributed by atoms with Crippen molar-refractivity contribution in [3.8, 4) is 11.5 Å². The van der Waals surface area contributed by atoms with Gasteiger partial charge in [-0.25, -0.2) is 9.37 Å². The van der Waals surface area contributed by atoms with Crippen molar-refractivity contribution < 1.29 is 28.6 Å². The number of carboxylic acids is 1. The van der Waals surface area contributed by atoms with E-state index in [0.29, 0.717) is 42.9 Å². The number of hydrogen-bond acceptors (Lipinski definition) is 8. The molecule has 2 unspecified atom stereocenters. The van der Waals surface area contributed by atoms with Gasteiger partial charge >= 0.3 is 11.9 Å². The largest absolute Gasteiger partial charge is 0.481 e. The van der Waals surface area contributed by atoms with Crippen molar-refractivity contribution in [1.29, 1.82) is 0 Å². The average molecular weight is 774 g/mol. The van der Waals surface area contributed by atoms with Crippen LogP contribution < -0.4 is 5.32 Å². The SMILES string of the molecule is CNCCn1c(-c2ccc(F)cn2)nnc1[C@@]12CC[C@]3(C)[C@H](CCC4[C@@]5(C)CC[C@H](OC(=O)CC(C)(C)C(=O)O)C(C)(C)C5CC[C@]43C)C1=C(C(C)C)C(=O)C2. The first-order valence-corrected chi connectivity index (χ1v) is 21.1. The molecule has 5 aliphatic rings. The van der Waals surface area contributed by atoms with Crippen LogP contribution in [0.3, 0.4) is 0 Å². The number of carbonyl (C=O) groups excluding carboxylic acids is 2. The number of nitrogens with zero attached hydrogens (tertiary/aromatic N) is 4. The van der Waals surface area contributed by atoms with Crippen molar-refractivity contribution in [2.45, 2.75) is 145 Å². The minimum atomic E-state index is -1.18. The maximum atomic E-state index is 14.4. The van der Waals surface area contributed by atoms with Crippen LogP contribution in [0.2, 0.25) is 0 Å². The van der Waals surface area contributed by atoms with Crippen LogP contribution in [0.5, 0.6) is 0 Å². The maximum absolute atomic E-state index is 14.4. The van der Waals surface area contributed by atoms with E-state index in [2.05, 4.69) is 63.3 Å². The second kappa shape index (κ2) is 13.8. The van der Waals surface area contributed by atoms with E-state index in [1.165, 1.54) is 17.8 Å². The fraction of sp³-hybridized carbons (Fsp3) is 0.733. The Bertz CT molecular complexity index is 1940. The molecular formula is C45H64FN5O5. The van der Waals surface area contributed by atoms with Gasteiger partial charge in [0.2, 0.25) is 0 Å². The van der Waals surface area contributed by atoms with E-state index in [0.717, 1.165) is 62.8 Å². The second-order valence-corrected chi connectivity index (χ2v) is 20.4. The summed E-state index contributed by atoms with van der Waals surface area (Å²) in [5.41, 5.74) is 0.835. The van der Waals surface area contributed by atoms with Crippen LogP contribution in [-0.2, 0) is 31.1 Å². The van der Waals surface area contributed by atoms with Crippen LogP contribution in [0, 0.1) is 56.6 Å². The molecule has 7 rings (SSSR count). The maximum Gasteiger partial charge on any atom is 0.309 e. The van der Waals surface area contributed by atoms with Gasteiger partial charge < -0.3 is 19.7 Å². The molecule has 4 saturated carbocycles. The predicted octanol–water partition coefficient (Wildman–Crippen LogP) is 8.34. The number of pyridine rings is 1.